The van der Waals surface area contributed by atoms with Gasteiger partial charge in [-0.2, -0.15) is 0 Å². The van der Waals surface area contributed by atoms with Crippen LogP contribution in [-0.4, -0.2) is 16.5 Å². The predicted octanol–water partition coefficient (Wildman–Crippen LogP) is 6.04. The molecule has 0 radical (unpaired) electrons. The van der Waals surface area contributed by atoms with Crippen molar-refractivity contribution < 1.29 is 0 Å². The van der Waals surface area contributed by atoms with E-state index in [1.54, 1.807) is 10.6 Å². The van der Waals surface area contributed by atoms with Gasteiger partial charge in [0.25, 0.3) is 0 Å². The Morgan fingerprint density at radius 3 is 1.75 bits per heavy atom. The molecule has 1 nitrogen and oxygen atoms in total. The van der Waals surface area contributed by atoms with Gasteiger partial charge in [0, 0.05) is 16.6 Å². The highest BCUT2D eigenvalue weighted by molar-refractivity contribution is 8.06. The number of allylic oxidation sites excluding steroid dienone is 3. The molecule has 1 aliphatic rings. The SMILES string of the molecule is CC1=C(C)C(C)(C)N(C(C)C)C(C(C)C)=C(C(C)C)S1. The Balaban J connectivity index is 3.63. The van der Waals surface area contributed by atoms with Gasteiger partial charge in [-0.05, 0) is 63.9 Å². The van der Waals surface area contributed by atoms with Crippen molar-refractivity contribution >= 4 is 11.8 Å². The third kappa shape index (κ3) is 3.10. The molecule has 1 rings (SSSR count). The second-order valence-electron chi connectivity index (χ2n) is 7.36. The molecule has 0 aliphatic carbocycles. The minimum absolute atomic E-state index is 0.0848. The fourth-order valence-electron chi connectivity index (χ4n) is 3.23. The molecule has 1 aliphatic heterocycles. The van der Waals surface area contributed by atoms with E-state index in [9.17, 15) is 0 Å². The summed E-state index contributed by atoms with van der Waals surface area (Å²) in [7, 11) is 0. The molecule has 1 heterocycles. The molecule has 0 saturated carbocycles. The van der Waals surface area contributed by atoms with Crippen LogP contribution in [0.3, 0.4) is 0 Å². The first-order valence-electron chi connectivity index (χ1n) is 7.91. The lowest BCUT2D eigenvalue weighted by atomic mass is 9.88. The number of hydrogen-bond acceptors (Lipinski definition) is 2. The van der Waals surface area contributed by atoms with Crippen LogP contribution in [0.15, 0.2) is 21.1 Å². The number of hydrogen-bond donors (Lipinski definition) is 0. The van der Waals surface area contributed by atoms with E-state index in [1.807, 2.05) is 11.8 Å². The van der Waals surface area contributed by atoms with Crippen molar-refractivity contribution in [2.45, 2.75) is 80.8 Å². The molecule has 2 heteroatoms. The molecule has 0 saturated heterocycles. The van der Waals surface area contributed by atoms with Gasteiger partial charge in [-0.1, -0.05) is 39.5 Å². The number of rotatable bonds is 3. The van der Waals surface area contributed by atoms with Crippen molar-refractivity contribution in [3.05, 3.63) is 21.1 Å². The fraction of sp³-hybridized carbons (Fsp3) is 0.778. The molecule has 0 amide bonds. The number of nitrogens with zero attached hydrogens (tertiary/aromatic N) is 1. The van der Waals surface area contributed by atoms with Gasteiger partial charge in [0.2, 0.25) is 0 Å². The van der Waals surface area contributed by atoms with Crippen LogP contribution in [-0.2, 0) is 0 Å². The van der Waals surface area contributed by atoms with Crippen LogP contribution in [0, 0.1) is 11.8 Å². The topological polar surface area (TPSA) is 3.24 Å². The van der Waals surface area contributed by atoms with E-state index in [2.05, 4.69) is 74.1 Å². The standard InChI is InChI=1S/C18H33NS/c1-11(2)16-17(12(3)4)20-15(8)14(7)18(9,10)19(16)13(5)6/h11-13H,1-10H3. The Labute approximate surface area is 130 Å². The van der Waals surface area contributed by atoms with Gasteiger partial charge in [-0.25, -0.2) is 0 Å². The lowest BCUT2D eigenvalue weighted by Crippen LogP contribution is -2.49. The van der Waals surface area contributed by atoms with Crippen molar-refractivity contribution in [2.75, 3.05) is 0 Å². The Hall–Kier alpha value is -0.370. The average molecular weight is 296 g/mol. The first-order chi connectivity index (χ1) is 9.01. The predicted molar refractivity (Wildman–Crippen MR) is 93.7 cm³/mol. The van der Waals surface area contributed by atoms with Crippen LogP contribution >= 0.6 is 11.8 Å². The van der Waals surface area contributed by atoms with Gasteiger partial charge in [0.15, 0.2) is 0 Å². The minimum atomic E-state index is 0.0848. The van der Waals surface area contributed by atoms with Gasteiger partial charge < -0.3 is 4.90 Å². The van der Waals surface area contributed by atoms with Gasteiger partial charge >= 0.3 is 0 Å². The molecule has 0 atom stereocenters. The van der Waals surface area contributed by atoms with Crippen LogP contribution < -0.4 is 0 Å². The average Bonchev–Trinajstić information content (AvgIpc) is 2.36. The Kier molecular flexibility index (Phi) is 5.46. The monoisotopic (exact) mass is 295 g/mol. The zero-order valence-corrected chi connectivity index (χ0v) is 15.9. The third-order valence-corrected chi connectivity index (χ3v) is 5.92. The lowest BCUT2D eigenvalue weighted by molar-refractivity contribution is 0.143. The van der Waals surface area contributed by atoms with E-state index < -0.39 is 0 Å². The smallest absolute Gasteiger partial charge is 0.0565 e. The minimum Gasteiger partial charge on any atom is -0.363 e. The van der Waals surface area contributed by atoms with Crippen molar-refractivity contribution in [1.82, 2.24) is 4.90 Å². The Morgan fingerprint density at radius 2 is 1.40 bits per heavy atom. The van der Waals surface area contributed by atoms with Gasteiger partial charge in [0.1, 0.15) is 0 Å². The molecule has 0 unspecified atom stereocenters. The van der Waals surface area contributed by atoms with Gasteiger partial charge in [-0.3, -0.25) is 0 Å². The Bertz CT molecular complexity index is 425. The quantitative estimate of drug-likeness (QED) is 0.624. The summed E-state index contributed by atoms with van der Waals surface area (Å²) in [5, 5.41) is 0. The molecule has 0 aromatic heterocycles. The second kappa shape index (κ2) is 6.17. The summed E-state index contributed by atoms with van der Waals surface area (Å²) in [5.74, 6) is 1.13. The van der Waals surface area contributed by atoms with Crippen LogP contribution in [0.1, 0.15) is 69.2 Å². The molecular formula is C18H33NS. The normalized spacial score (nSPS) is 20.6. The first kappa shape index (κ1) is 17.7. The van der Waals surface area contributed by atoms with E-state index in [-0.39, 0.29) is 5.54 Å². The molecule has 116 valence electrons. The van der Waals surface area contributed by atoms with E-state index in [0.717, 1.165) is 0 Å². The van der Waals surface area contributed by atoms with E-state index in [0.29, 0.717) is 17.9 Å². The summed E-state index contributed by atoms with van der Waals surface area (Å²) in [6, 6.07) is 0.512. The third-order valence-electron chi connectivity index (χ3n) is 4.41. The molecule has 0 spiro atoms. The largest absolute Gasteiger partial charge is 0.363 e. The first-order valence-corrected chi connectivity index (χ1v) is 8.72. The molecule has 20 heavy (non-hydrogen) atoms. The Morgan fingerprint density at radius 1 is 0.900 bits per heavy atom. The maximum atomic E-state index is 2.66. The van der Waals surface area contributed by atoms with Crippen LogP contribution in [0.25, 0.3) is 0 Å². The van der Waals surface area contributed by atoms with Crippen LogP contribution in [0.5, 0.6) is 0 Å². The van der Waals surface area contributed by atoms with E-state index in [4.69, 9.17) is 0 Å². The summed E-state index contributed by atoms with van der Waals surface area (Å²) >= 11 is 2.00. The fourth-order valence-corrected chi connectivity index (χ4v) is 4.63. The van der Waals surface area contributed by atoms with Crippen molar-refractivity contribution in [3.8, 4) is 0 Å². The summed E-state index contributed by atoms with van der Waals surface area (Å²) < 4.78 is 0. The van der Waals surface area contributed by atoms with E-state index in [1.165, 1.54) is 10.5 Å². The van der Waals surface area contributed by atoms with Crippen molar-refractivity contribution in [1.29, 1.82) is 0 Å². The van der Waals surface area contributed by atoms with Crippen molar-refractivity contribution in [3.63, 3.8) is 0 Å². The highest BCUT2D eigenvalue weighted by Gasteiger charge is 2.38. The second-order valence-corrected chi connectivity index (χ2v) is 8.62. The zero-order chi connectivity index (χ0) is 15.8. The summed E-state index contributed by atoms with van der Waals surface area (Å²) in [4.78, 5) is 5.68. The molecule has 0 bridgehead atoms. The molecule has 0 fully saturated rings. The molecule has 0 aromatic carbocycles. The number of thioether (sulfide) groups is 1. The highest BCUT2D eigenvalue weighted by Crippen LogP contribution is 2.47. The molecule has 0 aromatic rings. The zero-order valence-electron chi connectivity index (χ0n) is 15.1. The summed E-state index contributed by atoms with van der Waals surface area (Å²) in [5.41, 5.74) is 3.13. The van der Waals surface area contributed by atoms with Gasteiger partial charge in [-0.15, -0.1) is 0 Å². The maximum absolute atomic E-state index is 2.66. The highest BCUT2D eigenvalue weighted by atomic mass is 32.2. The van der Waals surface area contributed by atoms with Crippen LogP contribution in [0.2, 0.25) is 0 Å². The molecular weight excluding hydrogens is 262 g/mol. The maximum Gasteiger partial charge on any atom is 0.0565 e. The van der Waals surface area contributed by atoms with Gasteiger partial charge in [0.05, 0.1) is 5.54 Å². The summed E-state index contributed by atoms with van der Waals surface area (Å²) in [6.07, 6.45) is 0. The molecule has 0 N–H and O–H groups in total. The lowest BCUT2D eigenvalue weighted by Gasteiger charge is -2.47. The summed E-state index contributed by atoms with van der Waals surface area (Å²) in [6.45, 7) is 23.3. The van der Waals surface area contributed by atoms with Crippen molar-refractivity contribution in [2.24, 2.45) is 11.8 Å². The van der Waals surface area contributed by atoms with E-state index >= 15 is 0 Å². The van der Waals surface area contributed by atoms with Crippen LogP contribution in [0.4, 0.5) is 0 Å².